The summed E-state index contributed by atoms with van der Waals surface area (Å²) in [5.41, 5.74) is 3.13. The highest BCUT2D eigenvalue weighted by Gasteiger charge is 2.20. The van der Waals surface area contributed by atoms with Crippen molar-refractivity contribution in [2.24, 2.45) is 0 Å². The van der Waals surface area contributed by atoms with E-state index in [0.29, 0.717) is 23.5 Å². The van der Waals surface area contributed by atoms with Gasteiger partial charge >= 0.3 is 0 Å². The van der Waals surface area contributed by atoms with E-state index in [9.17, 15) is 13.2 Å². The number of rotatable bonds is 8. The average Bonchev–Trinajstić information content (AvgIpc) is 3.39. The van der Waals surface area contributed by atoms with Crippen LogP contribution in [0.15, 0.2) is 77.7 Å². The molecule has 0 bridgehead atoms. The number of amides is 1. The number of ether oxygens (including phenoxy) is 1. The number of para-hydroxylation sites is 1. The molecule has 8 heteroatoms. The second-order valence-electron chi connectivity index (χ2n) is 8.34. The minimum Gasteiger partial charge on any atom is -0.497 e. The number of hydrogen-bond donors (Lipinski definition) is 1. The largest absolute Gasteiger partial charge is 0.497 e. The van der Waals surface area contributed by atoms with Gasteiger partial charge < -0.3 is 14.5 Å². The van der Waals surface area contributed by atoms with Gasteiger partial charge in [-0.1, -0.05) is 18.2 Å². The van der Waals surface area contributed by atoms with Gasteiger partial charge in [0.2, 0.25) is 0 Å². The minimum atomic E-state index is -3.78. The molecule has 3 aromatic rings. The van der Waals surface area contributed by atoms with Crippen LogP contribution >= 0.6 is 0 Å². The predicted octanol–water partition coefficient (Wildman–Crippen LogP) is 4.37. The molecule has 0 saturated carbocycles. The molecule has 3 aromatic carbocycles. The van der Waals surface area contributed by atoms with Gasteiger partial charge in [-0.05, 0) is 73.0 Å². The maximum atomic E-state index is 13.0. The Hall–Kier alpha value is -3.52. The molecule has 178 valence electrons. The first-order chi connectivity index (χ1) is 16.4. The highest BCUT2D eigenvalue weighted by atomic mass is 32.2. The minimum absolute atomic E-state index is 0.0851. The summed E-state index contributed by atoms with van der Waals surface area (Å²) in [6, 6.07) is 20.8. The fourth-order valence-electron chi connectivity index (χ4n) is 4.11. The molecule has 1 amide bonds. The number of carbonyl (C=O) groups is 1. The normalized spacial score (nSPS) is 13.5. The number of methoxy groups -OCH3 is 1. The van der Waals surface area contributed by atoms with Gasteiger partial charge in [0.25, 0.3) is 15.9 Å². The predicted molar refractivity (Wildman–Crippen MR) is 134 cm³/mol. The Balaban J connectivity index is 1.44. The highest BCUT2D eigenvalue weighted by Crippen LogP contribution is 2.26. The number of sulfonamides is 1. The van der Waals surface area contributed by atoms with E-state index in [2.05, 4.69) is 21.8 Å². The zero-order chi connectivity index (χ0) is 24.1. The summed E-state index contributed by atoms with van der Waals surface area (Å²) in [6.07, 6.45) is 2.37. The maximum Gasteiger partial charge on any atom is 0.261 e. The molecule has 0 aliphatic carbocycles. The van der Waals surface area contributed by atoms with Crippen molar-refractivity contribution in [1.29, 1.82) is 0 Å². The first-order valence-electron chi connectivity index (χ1n) is 11.2. The van der Waals surface area contributed by atoms with E-state index in [4.69, 9.17) is 4.74 Å². The van der Waals surface area contributed by atoms with E-state index in [0.717, 1.165) is 18.7 Å². The monoisotopic (exact) mass is 479 g/mol. The summed E-state index contributed by atoms with van der Waals surface area (Å²) >= 11 is 0. The summed E-state index contributed by atoms with van der Waals surface area (Å²) in [5, 5.41) is 0. The lowest BCUT2D eigenvalue weighted by Gasteiger charge is -2.24. The Morgan fingerprint density at radius 1 is 0.971 bits per heavy atom. The molecule has 1 heterocycles. The molecule has 34 heavy (non-hydrogen) atoms. The quantitative estimate of drug-likeness (QED) is 0.519. The fraction of sp³-hybridized carbons (Fsp3) is 0.269. The zero-order valence-electron chi connectivity index (χ0n) is 19.4. The van der Waals surface area contributed by atoms with Crippen LogP contribution in [0.5, 0.6) is 5.75 Å². The summed E-state index contributed by atoms with van der Waals surface area (Å²) < 4.78 is 33.1. The van der Waals surface area contributed by atoms with Crippen molar-refractivity contribution in [3.05, 3.63) is 83.9 Å². The third-order valence-corrected chi connectivity index (χ3v) is 7.34. The smallest absolute Gasteiger partial charge is 0.261 e. The second-order valence-corrected chi connectivity index (χ2v) is 10.0. The summed E-state index contributed by atoms with van der Waals surface area (Å²) in [5.74, 6) is 0.473. The van der Waals surface area contributed by atoms with Crippen LogP contribution in [0.25, 0.3) is 0 Å². The molecule has 1 saturated heterocycles. The first-order valence-corrected chi connectivity index (χ1v) is 12.7. The van der Waals surface area contributed by atoms with Gasteiger partial charge in [0.05, 0.1) is 12.0 Å². The van der Waals surface area contributed by atoms with E-state index in [1.54, 1.807) is 55.5 Å². The van der Waals surface area contributed by atoms with Crippen molar-refractivity contribution >= 4 is 27.3 Å². The molecule has 1 aliphatic rings. The standard InChI is InChI=1S/C26H29N3O4S/c1-28(19-21-7-3-4-8-25(21)29-17-5-6-18-29)26(30)20-9-15-24(16-10-20)34(31,32)27-22-11-13-23(33-2)14-12-22/h3-4,7-16,27H,5-6,17-19H2,1-2H3. The summed E-state index contributed by atoms with van der Waals surface area (Å²) in [7, 11) is -0.470. The van der Waals surface area contributed by atoms with Crippen LogP contribution in [-0.2, 0) is 16.6 Å². The first kappa shape index (κ1) is 23.6. The lowest BCUT2D eigenvalue weighted by Crippen LogP contribution is -2.28. The van der Waals surface area contributed by atoms with E-state index < -0.39 is 10.0 Å². The van der Waals surface area contributed by atoms with Crippen LogP contribution in [0, 0.1) is 0 Å². The van der Waals surface area contributed by atoms with Gasteiger partial charge in [0, 0.05) is 43.6 Å². The number of carbonyl (C=O) groups excluding carboxylic acids is 1. The second kappa shape index (κ2) is 10.2. The molecule has 0 radical (unpaired) electrons. The van der Waals surface area contributed by atoms with Crippen molar-refractivity contribution in [2.45, 2.75) is 24.3 Å². The van der Waals surface area contributed by atoms with Crippen LogP contribution in [0.3, 0.4) is 0 Å². The van der Waals surface area contributed by atoms with Gasteiger partial charge in [-0.15, -0.1) is 0 Å². The molecular weight excluding hydrogens is 450 g/mol. The number of hydrogen-bond acceptors (Lipinski definition) is 5. The zero-order valence-corrected chi connectivity index (χ0v) is 20.2. The van der Waals surface area contributed by atoms with E-state index in [-0.39, 0.29) is 10.8 Å². The lowest BCUT2D eigenvalue weighted by molar-refractivity contribution is 0.0785. The Labute approximate surface area is 201 Å². The summed E-state index contributed by atoms with van der Waals surface area (Å²) in [4.78, 5) is 17.1. The number of nitrogens with zero attached hydrogens (tertiary/aromatic N) is 2. The molecule has 7 nitrogen and oxygen atoms in total. The number of nitrogens with one attached hydrogen (secondary N) is 1. The fourth-order valence-corrected chi connectivity index (χ4v) is 5.17. The molecule has 1 N–H and O–H groups in total. The molecule has 0 aromatic heterocycles. The third-order valence-electron chi connectivity index (χ3n) is 5.95. The van der Waals surface area contributed by atoms with Crippen molar-refractivity contribution in [3.63, 3.8) is 0 Å². The molecule has 1 fully saturated rings. The van der Waals surface area contributed by atoms with Crippen LogP contribution < -0.4 is 14.4 Å². The topological polar surface area (TPSA) is 78.9 Å². The van der Waals surface area contributed by atoms with Crippen LogP contribution in [0.2, 0.25) is 0 Å². The Morgan fingerprint density at radius 3 is 2.26 bits per heavy atom. The summed E-state index contributed by atoms with van der Waals surface area (Å²) in [6.45, 7) is 2.55. The Bertz CT molecular complexity index is 1240. The van der Waals surface area contributed by atoms with Gasteiger partial charge in [0.1, 0.15) is 5.75 Å². The average molecular weight is 480 g/mol. The highest BCUT2D eigenvalue weighted by molar-refractivity contribution is 7.92. The SMILES string of the molecule is COc1ccc(NS(=O)(=O)c2ccc(C(=O)N(C)Cc3ccccc3N3CCCC3)cc2)cc1. The van der Waals surface area contributed by atoms with Crippen LogP contribution in [0.1, 0.15) is 28.8 Å². The van der Waals surface area contributed by atoms with Crippen molar-refractivity contribution in [2.75, 3.05) is 36.9 Å². The van der Waals surface area contributed by atoms with E-state index >= 15 is 0 Å². The molecule has 4 rings (SSSR count). The van der Waals surface area contributed by atoms with Gasteiger partial charge in [-0.2, -0.15) is 0 Å². The van der Waals surface area contributed by atoms with Crippen molar-refractivity contribution in [3.8, 4) is 5.75 Å². The van der Waals surface area contributed by atoms with E-state index in [1.807, 2.05) is 12.1 Å². The van der Waals surface area contributed by atoms with Gasteiger partial charge in [0.15, 0.2) is 0 Å². The van der Waals surface area contributed by atoms with Crippen LogP contribution in [-0.4, -0.2) is 46.5 Å². The molecule has 0 spiro atoms. The third kappa shape index (κ3) is 5.34. The molecule has 1 aliphatic heterocycles. The van der Waals surface area contributed by atoms with Gasteiger partial charge in [-0.25, -0.2) is 8.42 Å². The van der Waals surface area contributed by atoms with E-state index in [1.165, 1.54) is 30.7 Å². The Kier molecular flexibility index (Phi) is 7.07. The molecule has 0 atom stereocenters. The maximum absolute atomic E-state index is 13.0. The molecular formula is C26H29N3O4S. The van der Waals surface area contributed by atoms with Crippen LogP contribution in [0.4, 0.5) is 11.4 Å². The molecule has 0 unspecified atom stereocenters. The van der Waals surface area contributed by atoms with Gasteiger partial charge in [-0.3, -0.25) is 9.52 Å². The number of anilines is 2. The lowest BCUT2D eigenvalue weighted by atomic mass is 10.1. The van der Waals surface area contributed by atoms with Crippen molar-refractivity contribution < 1.29 is 17.9 Å². The number of benzene rings is 3. The van der Waals surface area contributed by atoms with Crippen molar-refractivity contribution in [1.82, 2.24) is 4.90 Å². The Morgan fingerprint density at radius 2 is 1.62 bits per heavy atom.